The molecular formula is C55H103N19O12. The molecule has 1 aliphatic rings. The van der Waals surface area contributed by atoms with Gasteiger partial charge in [0, 0.05) is 19.6 Å². The molecule has 1 aliphatic heterocycles. The van der Waals surface area contributed by atoms with Crippen molar-refractivity contribution < 1.29 is 57.8 Å². The van der Waals surface area contributed by atoms with Gasteiger partial charge in [0.2, 0.25) is 59.1 Å². The maximum atomic E-state index is 14.1. The summed E-state index contributed by atoms with van der Waals surface area (Å²) in [5.74, 6) is -9.35. The van der Waals surface area contributed by atoms with Gasteiger partial charge >= 0.3 is 5.97 Å². The molecule has 31 nitrogen and oxygen atoms in total. The lowest BCUT2D eigenvalue weighted by Gasteiger charge is -2.30. The number of carbonyl (C=O) groups is 11. The number of aliphatic imine (C=N–C) groups is 2. The van der Waals surface area contributed by atoms with Crippen molar-refractivity contribution in [3.05, 3.63) is 0 Å². The van der Waals surface area contributed by atoms with Crippen LogP contribution in [0.4, 0.5) is 0 Å². The van der Waals surface area contributed by atoms with E-state index in [0.29, 0.717) is 38.5 Å². The van der Waals surface area contributed by atoms with Gasteiger partial charge in [0.25, 0.3) is 0 Å². The fourth-order valence-corrected chi connectivity index (χ4v) is 9.19. The van der Waals surface area contributed by atoms with Crippen LogP contribution >= 0.6 is 0 Å². The molecule has 0 bridgehead atoms. The topological polar surface area (TPSA) is 526 Å². The maximum Gasteiger partial charge on any atom is 0.326 e. The van der Waals surface area contributed by atoms with Crippen LogP contribution in [0.25, 0.3) is 0 Å². The summed E-state index contributed by atoms with van der Waals surface area (Å²) < 4.78 is 0. The second kappa shape index (κ2) is 40.1. The third-order valence-corrected chi connectivity index (χ3v) is 14.0. The van der Waals surface area contributed by atoms with E-state index in [1.54, 1.807) is 13.8 Å². The number of carboxylic acid groups (broad SMARTS) is 1. The van der Waals surface area contributed by atoms with Crippen LogP contribution in [0.2, 0.25) is 0 Å². The van der Waals surface area contributed by atoms with Crippen LogP contribution in [0.1, 0.15) is 152 Å². The molecule has 31 heteroatoms. The Bertz CT molecular complexity index is 2300. The molecule has 1 heterocycles. The van der Waals surface area contributed by atoms with E-state index in [1.165, 1.54) is 25.7 Å². The first-order chi connectivity index (χ1) is 40.3. The number of nitrogens with zero attached hydrogens (tertiary/aromatic N) is 3. The van der Waals surface area contributed by atoms with Crippen LogP contribution in [-0.2, 0) is 52.7 Å². The Hall–Kier alpha value is -7.41. The number of guanidine groups is 2. The molecule has 0 unspecified atom stereocenters. The number of nitrogens with one attached hydrogen (secondary N) is 9. The molecule has 1 saturated heterocycles. The molecule has 0 aromatic rings. The molecule has 0 aromatic carbocycles. The van der Waals surface area contributed by atoms with Crippen LogP contribution in [0.15, 0.2) is 9.98 Å². The zero-order valence-electron chi connectivity index (χ0n) is 51.8. The summed E-state index contributed by atoms with van der Waals surface area (Å²) in [6.07, 6.45) is 3.85. The van der Waals surface area contributed by atoms with Crippen LogP contribution in [0.5, 0.6) is 0 Å². The number of carbonyl (C=O) groups excluding carboxylic acids is 10. The van der Waals surface area contributed by atoms with Crippen molar-refractivity contribution in [3.8, 4) is 0 Å². The predicted octanol–water partition coefficient (Wildman–Crippen LogP) is -4.07. The van der Waals surface area contributed by atoms with Crippen LogP contribution < -0.4 is 88.0 Å². The molecule has 0 saturated carbocycles. The van der Waals surface area contributed by atoms with E-state index in [4.69, 9.17) is 40.1 Å². The van der Waals surface area contributed by atoms with Crippen LogP contribution in [0.3, 0.4) is 0 Å². The molecule has 11 atom stereocenters. The number of likely N-dealkylation sites (tertiary alicyclic amines) is 1. The van der Waals surface area contributed by atoms with Gasteiger partial charge in [-0.05, 0) is 142 Å². The maximum absolute atomic E-state index is 14.1. The van der Waals surface area contributed by atoms with E-state index in [9.17, 15) is 57.8 Å². The number of rotatable bonds is 41. The first-order valence-corrected chi connectivity index (χ1v) is 29.9. The Labute approximate surface area is 505 Å². The predicted molar refractivity (Wildman–Crippen MR) is 324 cm³/mol. The van der Waals surface area contributed by atoms with Gasteiger partial charge < -0.3 is 98.0 Å². The average molecular weight is 1220 g/mol. The van der Waals surface area contributed by atoms with E-state index in [-0.39, 0.29) is 108 Å². The Kier molecular flexibility index (Phi) is 35.7. The standard InChI is InChI=1S/C55H103N19O12/c1-29(2)27-39(50(82)72-40(28-30(3)4)52(84)74-26-16-21-41(74)53(85)86)71-44(76)33(8)67-51(83)42(31(5)6)73-45(77)34(9)65-43(75)32(7)66-47(79)36(18-10-12-22-56)69-48(80)37(19-11-13-23-57)70-49(81)38(20-15-25-64-55(61)62)68-46(78)35(58)17-14-24-63-54(59)60/h29-42H,10-28,56-58H2,1-9H3,(H,65,75)(H,66,79)(H,67,83)(H,68,78)(H,69,80)(H,70,81)(H,71,76)(H,72,82)(H,73,77)(H,85,86)(H4,59,60,63)(H4,61,62,64)/t32-,33-,34-,35-,36-,37-,38-,39-,40-,41-,42-/m0/s1. The van der Waals surface area contributed by atoms with Crippen molar-refractivity contribution in [2.45, 2.75) is 219 Å². The first-order valence-electron chi connectivity index (χ1n) is 29.9. The van der Waals surface area contributed by atoms with Gasteiger partial charge in [-0.25, -0.2) is 4.79 Å². The van der Waals surface area contributed by atoms with Crippen molar-refractivity contribution in [2.75, 3.05) is 32.7 Å². The zero-order valence-corrected chi connectivity index (χ0v) is 51.8. The quantitative estimate of drug-likeness (QED) is 0.0157. The van der Waals surface area contributed by atoms with E-state index >= 15 is 0 Å². The van der Waals surface area contributed by atoms with Crippen molar-refractivity contribution >= 4 is 77.0 Å². The summed E-state index contributed by atoms with van der Waals surface area (Å²) in [4.78, 5) is 158. The minimum absolute atomic E-state index is 0.0424. The Balaban J connectivity index is 3.18. The molecule has 1 rings (SSSR count). The van der Waals surface area contributed by atoms with E-state index in [1.807, 2.05) is 27.7 Å². The third kappa shape index (κ3) is 29.1. The molecule has 0 aromatic heterocycles. The number of carboxylic acids is 1. The zero-order chi connectivity index (χ0) is 65.4. The summed E-state index contributed by atoms with van der Waals surface area (Å²) in [7, 11) is 0. The number of nitrogens with two attached hydrogens (primary N) is 7. The number of hydrogen-bond acceptors (Lipinski definition) is 16. The number of aliphatic carboxylic acids is 1. The van der Waals surface area contributed by atoms with E-state index in [0.717, 1.165) is 0 Å². The summed E-state index contributed by atoms with van der Waals surface area (Å²) in [6, 6.07) is -13.0. The van der Waals surface area contributed by atoms with Crippen LogP contribution in [-0.4, -0.2) is 186 Å². The smallest absolute Gasteiger partial charge is 0.326 e. The number of hydrogen-bond donors (Lipinski definition) is 17. The molecule has 86 heavy (non-hydrogen) atoms. The monoisotopic (exact) mass is 1220 g/mol. The van der Waals surface area contributed by atoms with Gasteiger partial charge in [0.05, 0.1) is 6.04 Å². The lowest BCUT2D eigenvalue weighted by Crippen LogP contribution is -2.60. The minimum Gasteiger partial charge on any atom is -0.480 e. The highest BCUT2D eigenvalue weighted by molar-refractivity contribution is 5.99. The van der Waals surface area contributed by atoms with Crippen molar-refractivity contribution in [1.82, 2.24) is 52.8 Å². The molecule has 24 N–H and O–H groups in total. The Morgan fingerprint density at radius 3 is 1.29 bits per heavy atom. The summed E-state index contributed by atoms with van der Waals surface area (Å²) in [5.41, 5.74) is 39.3. The Morgan fingerprint density at radius 1 is 0.465 bits per heavy atom. The fourth-order valence-electron chi connectivity index (χ4n) is 9.19. The second-order valence-corrected chi connectivity index (χ2v) is 23.1. The molecule has 0 aliphatic carbocycles. The van der Waals surface area contributed by atoms with Gasteiger partial charge in [-0.1, -0.05) is 41.5 Å². The van der Waals surface area contributed by atoms with Gasteiger partial charge in [-0.3, -0.25) is 57.9 Å². The fraction of sp³-hybridized carbons (Fsp3) is 0.764. The van der Waals surface area contributed by atoms with Crippen LogP contribution in [0, 0.1) is 17.8 Å². The lowest BCUT2D eigenvalue weighted by atomic mass is 9.99. The first kappa shape index (κ1) is 76.6. The molecule has 0 radical (unpaired) electrons. The van der Waals surface area contributed by atoms with E-state index in [2.05, 4.69) is 57.8 Å². The molecular weight excluding hydrogens is 1120 g/mol. The largest absolute Gasteiger partial charge is 0.480 e. The second-order valence-electron chi connectivity index (χ2n) is 23.1. The number of unbranched alkanes of at least 4 members (excludes halogenated alkanes) is 2. The van der Waals surface area contributed by atoms with Crippen molar-refractivity contribution in [1.29, 1.82) is 0 Å². The molecule has 490 valence electrons. The average Bonchev–Trinajstić information content (AvgIpc) is 2.94. The van der Waals surface area contributed by atoms with Gasteiger partial charge in [0.15, 0.2) is 11.9 Å². The van der Waals surface area contributed by atoms with Gasteiger partial charge in [-0.15, -0.1) is 0 Å². The highest BCUT2D eigenvalue weighted by Crippen LogP contribution is 2.21. The third-order valence-electron chi connectivity index (χ3n) is 14.0. The summed E-state index contributed by atoms with van der Waals surface area (Å²) in [6.45, 7) is 15.9. The minimum atomic E-state index is -1.28. The Morgan fingerprint density at radius 2 is 0.837 bits per heavy atom. The summed E-state index contributed by atoms with van der Waals surface area (Å²) in [5, 5.41) is 33.5. The highest BCUT2D eigenvalue weighted by atomic mass is 16.4. The molecule has 0 spiro atoms. The molecule has 10 amide bonds. The highest BCUT2D eigenvalue weighted by Gasteiger charge is 2.40. The van der Waals surface area contributed by atoms with Crippen molar-refractivity contribution in [2.24, 2.45) is 67.9 Å². The SMILES string of the molecule is CC(C)C[C@H](NC(=O)[C@H](C)NC(=O)[C@@H](NC(=O)[C@H](C)NC(=O)[C@H](C)NC(=O)[C@H](CCCCN)NC(=O)[C@H](CCCCN)NC(=O)[C@H](CCCN=C(N)N)NC(=O)[C@@H](N)CCCN=C(N)N)C(C)C)C(=O)N[C@@H](CC(C)C)C(=O)N1CCC[C@H]1C(=O)O. The summed E-state index contributed by atoms with van der Waals surface area (Å²) >= 11 is 0. The van der Waals surface area contributed by atoms with Gasteiger partial charge in [0.1, 0.15) is 60.4 Å². The normalized spacial score (nSPS) is 16.5. The molecule has 1 fully saturated rings. The number of amides is 10. The van der Waals surface area contributed by atoms with E-state index < -0.39 is 137 Å². The van der Waals surface area contributed by atoms with Crippen molar-refractivity contribution in [3.63, 3.8) is 0 Å². The lowest BCUT2D eigenvalue weighted by molar-refractivity contribution is -0.149. The van der Waals surface area contributed by atoms with Gasteiger partial charge in [-0.2, -0.15) is 0 Å².